The van der Waals surface area contributed by atoms with E-state index < -0.39 is 28.5 Å². The average molecular weight is 686 g/mol. The smallest absolute Gasteiger partial charge is 0.264 e. The van der Waals surface area contributed by atoms with E-state index in [2.05, 4.69) is 5.32 Å². The van der Waals surface area contributed by atoms with Gasteiger partial charge in [0.2, 0.25) is 11.8 Å². The summed E-state index contributed by atoms with van der Waals surface area (Å²) in [5.41, 5.74) is 1.34. The van der Waals surface area contributed by atoms with Crippen LogP contribution in [0.3, 0.4) is 0 Å². The molecule has 0 aromatic heterocycles. The van der Waals surface area contributed by atoms with Crippen LogP contribution in [0.5, 0.6) is 0 Å². The molecular formula is C31H33Cl4N3O4S. The highest BCUT2D eigenvalue weighted by molar-refractivity contribution is 7.92. The first-order valence-electron chi connectivity index (χ1n) is 14.0. The van der Waals surface area contributed by atoms with Crippen molar-refractivity contribution in [1.82, 2.24) is 10.2 Å². The van der Waals surface area contributed by atoms with Crippen molar-refractivity contribution in [3.63, 3.8) is 0 Å². The van der Waals surface area contributed by atoms with Crippen LogP contribution in [0.4, 0.5) is 5.69 Å². The van der Waals surface area contributed by atoms with Gasteiger partial charge in [-0.15, -0.1) is 0 Å². The van der Waals surface area contributed by atoms with Crippen LogP contribution in [0.1, 0.15) is 50.2 Å². The first-order chi connectivity index (χ1) is 20.4. The number of nitrogens with zero attached hydrogens (tertiary/aromatic N) is 2. The summed E-state index contributed by atoms with van der Waals surface area (Å²) >= 11 is 25.8. The van der Waals surface area contributed by atoms with Crippen molar-refractivity contribution in [1.29, 1.82) is 0 Å². The summed E-state index contributed by atoms with van der Waals surface area (Å²) in [5, 5.41) is 3.80. The molecule has 1 saturated carbocycles. The summed E-state index contributed by atoms with van der Waals surface area (Å²) in [7, 11) is -4.31. The predicted molar refractivity (Wildman–Crippen MR) is 174 cm³/mol. The van der Waals surface area contributed by atoms with Crippen LogP contribution in [0.2, 0.25) is 20.1 Å². The number of hydrogen-bond acceptors (Lipinski definition) is 4. The minimum absolute atomic E-state index is 0.0195. The number of rotatable bonds is 11. The maximum atomic E-state index is 14.3. The van der Waals surface area contributed by atoms with E-state index in [-0.39, 0.29) is 45.5 Å². The molecule has 0 radical (unpaired) electrons. The largest absolute Gasteiger partial charge is 0.352 e. The number of sulfonamides is 1. The molecule has 0 saturated heterocycles. The summed E-state index contributed by atoms with van der Waals surface area (Å²) in [6.07, 6.45) is 4.04. The molecule has 3 aromatic carbocycles. The fourth-order valence-electron chi connectivity index (χ4n) is 5.18. The van der Waals surface area contributed by atoms with Crippen molar-refractivity contribution in [2.75, 3.05) is 10.8 Å². The van der Waals surface area contributed by atoms with Gasteiger partial charge in [0.1, 0.15) is 12.6 Å². The van der Waals surface area contributed by atoms with E-state index in [9.17, 15) is 18.0 Å². The molecule has 0 aliphatic heterocycles. The van der Waals surface area contributed by atoms with Gasteiger partial charge >= 0.3 is 0 Å². The molecule has 0 unspecified atom stereocenters. The van der Waals surface area contributed by atoms with Crippen LogP contribution < -0.4 is 9.62 Å². The van der Waals surface area contributed by atoms with Gasteiger partial charge in [-0.05, 0) is 62.6 Å². The number of aryl methyl sites for hydroxylation is 1. The van der Waals surface area contributed by atoms with Gasteiger partial charge in [0, 0.05) is 28.2 Å². The van der Waals surface area contributed by atoms with E-state index in [1.54, 1.807) is 43.3 Å². The molecule has 7 nitrogen and oxygen atoms in total. The lowest BCUT2D eigenvalue weighted by molar-refractivity contribution is -0.140. The van der Waals surface area contributed by atoms with Gasteiger partial charge in [-0.2, -0.15) is 0 Å². The van der Waals surface area contributed by atoms with E-state index in [1.165, 1.54) is 29.2 Å². The van der Waals surface area contributed by atoms with Crippen molar-refractivity contribution in [2.24, 2.45) is 0 Å². The van der Waals surface area contributed by atoms with E-state index in [0.717, 1.165) is 35.6 Å². The Kier molecular flexibility index (Phi) is 11.3. The molecule has 0 bridgehead atoms. The van der Waals surface area contributed by atoms with Gasteiger partial charge in [0.05, 0.1) is 20.6 Å². The molecule has 43 heavy (non-hydrogen) atoms. The molecule has 0 heterocycles. The quantitative estimate of drug-likeness (QED) is 0.225. The van der Waals surface area contributed by atoms with E-state index in [4.69, 9.17) is 46.4 Å². The summed E-state index contributed by atoms with van der Waals surface area (Å²) in [5.74, 6) is -0.962. The van der Waals surface area contributed by atoms with Crippen molar-refractivity contribution < 1.29 is 18.0 Å². The maximum absolute atomic E-state index is 14.3. The van der Waals surface area contributed by atoms with Gasteiger partial charge in [-0.25, -0.2) is 8.42 Å². The lowest BCUT2D eigenvalue weighted by Gasteiger charge is -2.34. The Morgan fingerprint density at radius 1 is 0.907 bits per heavy atom. The maximum Gasteiger partial charge on any atom is 0.264 e. The third kappa shape index (κ3) is 7.78. The molecule has 1 aliphatic carbocycles. The third-order valence-corrected chi connectivity index (χ3v) is 10.9. The normalized spacial score (nSPS) is 14.4. The van der Waals surface area contributed by atoms with Gasteiger partial charge in [-0.3, -0.25) is 13.9 Å². The molecule has 1 fully saturated rings. The Bertz CT molecular complexity index is 1560. The highest BCUT2D eigenvalue weighted by Crippen LogP contribution is 2.36. The van der Waals surface area contributed by atoms with Crippen LogP contribution in [0.25, 0.3) is 0 Å². The van der Waals surface area contributed by atoms with Crippen molar-refractivity contribution >= 4 is 73.9 Å². The highest BCUT2D eigenvalue weighted by atomic mass is 35.5. The standard InChI is InChI=1S/C31H33Cl4N3O4S/c1-3-27(31(40)36-21-8-4-5-9-21)37(18-23-24(32)10-6-11-25(23)33)29(39)19-38(28-13-7-12-26(34)30(28)35)43(41,42)22-16-14-20(2)15-17-22/h6-7,10-17,21,27H,3-5,8-9,18-19H2,1-2H3,(H,36,40)/t27-/m1/s1. The van der Waals surface area contributed by atoms with Crippen molar-refractivity contribution in [3.8, 4) is 0 Å². The lowest BCUT2D eigenvalue weighted by Crippen LogP contribution is -2.53. The second-order valence-corrected chi connectivity index (χ2v) is 14.0. The molecule has 1 atom stereocenters. The summed E-state index contributed by atoms with van der Waals surface area (Å²) in [4.78, 5) is 29.2. The first kappa shape index (κ1) is 33.4. The van der Waals surface area contributed by atoms with Gasteiger partial charge < -0.3 is 10.2 Å². The minimum Gasteiger partial charge on any atom is -0.352 e. The van der Waals surface area contributed by atoms with Crippen LogP contribution >= 0.6 is 46.4 Å². The second-order valence-electron chi connectivity index (χ2n) is 10.5. The summed E-state index contributed by atoms with van der Waals surface area (Å²) < 4.78 is 29.1. The Balaban J connectivity index is 1.78. The number of anilines is 1. The Hall–Kier alpha value is -2.49. The van der Waals surface area contributed by atoms with Crippen LogP contribution in [-0.2, 0) is 26.2 Å². The number of halogens is 4. The first-order valence-corrected chi connectivity index (χ1v) is 16.9. The van der Waals surface area contributed by atoms with Gasteiger partial charge in [0.25, 0.3) is 10.0 Å². The highest BCUT2D eigenvalue weighted by Gasteiger charge is 2.36. The van der Waals surface area contributed by atoms with E-state index in [1.807, 2.05) is 6.92 Å². The number of hydrogen-bond donors (Lipinski definition) is 1. The zero-order chi connectivity index (χ0) is 31.3. The van der Waals surface area contributed by atoms with E-state index >= 15 is 0 Å². The molecule has 2 amide bonds. The zero-order valence-corrected chi connectivity index (χ0v) is 27.7. The number of carbonyl (C=O) groups is 2. The predicted octanol–water partition coefficient (Wildman–Crippen LogP) is 7.67. The number of nitrogens with one attached hydrogen (secondary N) is 1. The molecule has 4 rings (SSSR count). The summed E-state index contributed by atoms with van der Waals surface area (Å²) in [6.45, 7) is 2.86. The number of amides is 2. The fraction of sp³-hybridized carbons (Fsp3) is 0.355. The van der Waals surface area contributed by atoms with Crippen molar-refractivity contribution in [3.05, 3.63) is 91.9 Å². The fourth-order valence-corrected chi connectivity index (χ4v) is 7.57. The molecule has 1 N–H and O–H groups in total. The molecular weight excluding hydrogens is 652 g/mol. The topological polar surface area (TPSA) is 86.8 Å². The third-order valence-electron chi connectivity index (χ3n) is 7.57. The Morgan fingerprint density at radius 2 is 1.49 bits per heavy atom. The zero-order valence-electron chi connectivity index (χ0n) is 23.8. The van der Waals surface area contributed by atoms with Crippen LogP contribution in [0, 0.1) is 6.92 Å². The number of benzene rings is 3. The second kappa shape index (κ2) is 14.5. The Labute approximate surface area is 273 Å². The molecule has 3 aromatic rings. The number of carbonyl (C=O) groups excluding carboxylic acids is 2. The molecule has 1 aliphatic rings. The lowest BCUT2D eigenvalue weighted by atomic mass is 10.1. The Morgan fingerprint density at radius 3 is 2.09 bits per heavy atom. The molecule has 12 heteroatoms. The summed E-state index contributed by atoms with van der Waals surface area (Å²) in [6, 6.07) is 14.9. The molecule has 0 spiro atoms. The van der Waals surface area contributed by atoms with Gasteiger partial charge in [0.15, 0.2) is 0 Å². The van der Waals surface area contributed by atoms with Crippen LogP contribution in [-0.4, -0.2) is 43.8 Å². The average Bonchev–Trinajstić information content (AvgIpc) is 3.48. The van der Waals surface area contributed by atoms with Crippen LogP contribution in [0.15, 0.2) is 65.6 Å². The molecule has 230 valence electrons. The van der Waals surface area contributed by atoms with E-state index in [0.29, 0.717) is 15.6 Å². The van der Waals surface area contributed by atoms with Gasteiger partial charge in [-0.1, -0.05) is 96.0 Å². The minimum atomic E-state index is -4.31. The SMILES string of the molecule is CC[C@H](C(=O)NC1CCCC1)N(Cc1c(Cl)cccc1Cl)C(=O)CN(c1cccc(Cl)c1Cl)S(=O)(=O)c1ccc(C)cc1. The van der Waals surface area contributed by atoms with Crippen molar-refractivity contribution in [2.45, 2.75) is 69.5 Å². The monoisotopic (exact) mass is 683 g/mol.